The Labute approximate surface area is 797 Å². The topological polar surface area (TPSA) is 48.1 Å². The predicted octanol–water partition coefficient (Wildman–Crippen LogP) is 31.8. The zero-order valence-electron chi connectivity index (χ0n) is 71.4. The summed E-state index contributed by atoms with van der Waals surface area (Å²) in [7, 11) is 8.09. The maximum atomic E-state index is 6.21. The van der Waals surface area contributed by atoms with Crippen molar-refractivity contribution in [1.29, 1.82) is 0 Å². The summed E-state index contributed by atoms with van der Waals surface area (Å²) >= 11 is 73.6. The van der Waals surface area contributed by atoms with Crippen LogP contribution in [0.3, 0.4) is 0 Å². The number of rotatable bonds is 16. The monoisotopic (exact) mass is 1880 g/mol. The van der Waals surface area contributed by atoms with Gasteiger partial charge in [0.15, 0.2) is 0 Å². The molecule has 0 saturated carbocycles. The van der Waals surface area contributed by atoms with E-state index in [1.54, 1.807) is 0 Å². The number of fused-ring (bicyclic) bond motifs is 6. The Morgan fingerprint density at radius 2 is 0.355 bits per heavy atom. The smallest absolute Gasteiger partial charge is 0.0595 e. The molecule has 0 fully saturated rings. The minimum absolute atomic E-state index is 0.406. The van der Waals surface area contributed by atoms with Gasteiger partial charge in [-0.1, -0.05) is 348 Å². The van der Waals surface area contributed by atoms with E-state index in [9.17, 15) is 0 Å². The predicted molar refractivity (Wildman–Crippen MR) is 536 cm³/mol. The minimum atomic E-state index is 0.406. The standard InChI is InChI=1S/4C18H19Cl2N.2C18H18Cl2/c4*1-21-11-12-8-13-4-2-3-5-15(13)16(9-12)14-6-7-17(19)18(20)10-14;2*1-2-12-9-13-5-3-4-6-15(13)16(10-12)14-7-8-17(19)18(20)11-14/h4*2-7,10,12,16,21H,8-9,11H2,1H3;2*3-8,11-12,16H,2,9-10H2,1H3/t12-,16+;2*12-,16-;;2*12-,16-/m110.10/s1. The van der Waals surface area contributed by atoms with Crippen LogP contribution in [0.5, 0.6) is 0 Å². The van der Waals surface area contributed by atoms with Gasteiger partial charge in [0.2, 0.25) is 0 Å². The van der Waals surface area contributed by atoms with Crippen LogP contribution in [0.25, 0.3) is 0 Å². The molecule has 2 unspecified atom stereocenters. The second kappa shape index (κ2) is 46.5. The summed E-state index contributed by atoms with van der Waals surface area (Å²) < 4.78 is 0. The molecule has 18 rings (SSSR count). The third-order valence-corrected chi connectivity index (χ3v) is 30.7. The van der Waals surface area contributed by atoms with Gasteiger partial charge in [0.25, 0.3) is 0 Å². The van der Waals surface area contributed by atoms with Crippen LogP contribution in [-0.4, -0.2) is 54.4 Å². The van der Waals surface area contributed by atoms with Crippen molar-refractivity contribution in [2.24, 2.45) is 35.5 Å². The lowest BCUT2D eigenvalue weighted by Crippen LogP contribution is -2.27. The van der Waals surface area contributed by atoms with E-state index in [0.717, 1.165) is 89.4 Å². The fraction of sp³-hybridized carbons (Fsp3) is 0.333. The van der Waals surface area contributed by atoms with E-state index in [-0.39, 0.29) is 0 Å². The van der Waals surface area contributed by atoms with E-state index in [1.807, 2.05) is 101 Å². The quantitative estimate of drug-likeness (QED) is 0.0779. The van der Waals surface area contributed by atoms with Gasteiger partial charge in [0, 0.05) is 35.5 Å². The molecule has 12 aromatic carbocycles. The van der Waals surface area contributed by atoms with Crippen molar-refractivity contribution in [3.63, 3.8) is 0 Å². The molecule has 0 saturated heterocycles. The lowest BCUT2D eigenvalue weighted by molar-refractivity contribution is 0.414. The van der Waals surface area contributed by atoms with Crippen LogP contribution in [0, 0.1) is 35.5 Å². The van der Waals surface area contributed by atoms with E-state index in [0.29, 0.717) is 119 Å². The van der Waals surface area contributed by atoms with Crippen molar-refractivity contribution in [3.8, 4) is 0 Å². The van der Waals surface area contributed by atoms with Crippen LogP contribution in [0.15, 0.2) is 255 Å². The average Bonchev–Trinajstić information content (AvgIpc) is 0.814. The minimum Gasteiger partial charge on any atom is -0.319 e. The summed E-state index contributed by atoms with van der Waals surface area (Å²) in [5, 5.41) is 20.9. The SMILES string of the molecule is CC[C@@H]1Cc2ccccc2[C@@H](c2ccc(Cl)c(Cl)c2)C1.CC[C@H]1Cc2ccccc2[C@H](c2ccc(Cl)c(Cl)c2)C1.CNCC1Cc2ccccc2C(c2ccc(Cl)c(Cl)c2)C1.CNC[C@@H]1Cc2ccccc2[C@@H](c2ccc(Cl)c(Cl)c2)C1.CNC[C@@H]1Cc2ccccc2[C@H](c2ccc(Cl)c(Cl)c2)C1.CNC[C@H]1Cc2ccccc2[C@H](c2ccc(Cl)c(Cl)c2)C1. The Balaban J connectivity index is 0.000000128. The average molecular weight is 1890 g/mol. The molecule has 648 valence electrons. The molecule has 0 bridgehead atoms. The van der Waals surface area contributed by atoms with Gasteiger partial charge in [-0.3, -0.25) is 0 Å². The lowest BCUT2D eigenvalue weighted by Gasteiger charge is -2.32. The molecule has 6 aliphatic rings. The summed E-state index contributed by atoms with van der Waals surface area (Å²) in [5.74, 6) is 6.65. The summed E-state index contributed by atoms with van der Waals surface area (Å²) in [4.78, 5) is 0. The van der Waals surface area contributed by atoms with Gasteiger partial charge in [-0.25, -0.2) is 0 Å². The van der Waals surface area contributed by atoms with Crippen LogP contribution in [0.2, 0.25) is 60.3 Å². The van der Waals surface area contributed by atoms with Crippen LogP contribution in [-0.2, 0) is 38.5 Å². The number of benzene rings is 12. The third-order valence-electron chi connectivity index (χ3n) is 26.3. The molecule has 12 aromatic rings. The maximum Gasteiger partial charge on any atom is 0.0595 e. The highest BCUT2D eigenvalue weighted by Gasteiger charge is 2.35. The molecule has 0 amide bonds. The largest absolute Gasteiger partial charge is 0.319 e. The van der Waals surface area contributed by atoms with Crippen molar-refractivity contribution < 1.29 is 0 Å². The fourth-order valence-corrected chi connectivity index (χ4v) is 22.0. The Morgan fingerprint density at radius 3 is 0.508 bits per heavy atom. The highest BCUT2D eigenvalue weighted by atomic mass is 35.5. The van der Waals surface area contributed by atoms with E-state index >= 15 is 0 Å². The van der Waals surface area contributed by atoms with Gasteiger partial charge in [-0.2, -0.15) is 0 Å². The molecule has 16 heteroatoms. The molecule has 0 radical (unpaired) electrons. The van der Waals surface area contributed by atoms with Crippen molar-refractivity contribution in [2.45, 2.75) is 139 Å². The number of hydrogen-bond donors (Lipinski definition) is 4. The van der Waals surface area contributed by atoms with Crippen LogP contribution in [0.4, 0.5) is 0 Å². The number of hydrogen-bond acceptors (Lipinski definition) is 4. The molecule has 0 heterocycles. The van der Waals surface area contributed by atoms with Gasteiger partial charge >= 0.3 is 0 Å². The number of halogens is 12. The first kappa shape index (κ1) is 95.5. The molecule has 4 nitrogen and oxygen atoms in total. The van der Waals surface area contributed by atoms with Crippen LogP contribution < -0.4 is 21.3 Å². The molecular weight excluding hydrogens is 1780 g/mol. The Kier molecular flexibility index (Phi) is 35.8. The van der Waals surface area contributed by atoms with Gasteiger partial charge in [0.1, 0.15) is 0 Å². The molecule has 0 aromatic heterocycles. The van der Waals surface area contributed by atoms with Crippen molar-refractivity contribution >= 4 is 139 Å². The highest BCUT2D eigenvalue weighted by molar-refractivity contribution is 6.44. The first-order chi connectivity index (χ1) is 60.1. The van der Waals surface area contributed by atoms with E-state index < -0.39 is 0 Å². The Bertz CT molecular complexity index is 4970. The second-order valence-electron chi connectivity index (χ2n) is 34.4. The van der Waals surface area contributed by atoms with E-state index in [2.05, 4.69) is 217 Å². The van der Waals surface area contributed by atoms with Crippen molar-refractivity contribution in [2.75, 3.05) is 54.4 Å². The van der Waals surface area contributed by atoms with Crippen LogP contribution in [0.1, 0.15) is 201 Å². The van der Waals surface area contributed by atoms with Gasteiger partial charge in [0.05, 0.1) is 60.3 Å². The summed E-state index contributed by atoms with van der Waals surface area (Å²) in [6.07, 6.45) is 16.4. The molecule has 6 aliphatic carbocycles. The zero-order valence-corrected chi connectivity index (χ0v) is 80.5. The zero-order chi connectivity index (χ0) is 87.5. The molecule has 124 heavy (non-hydrogen) atoms. The van der Waals surface area contributed by atoms with Gasteiger partial charge in [-0.05, 0) is 340 Å². The molecule has 4 N–H and O–H groups in total. The molecule has 0 aliphatic heterocycles. The summed E-state index contributed by atoms with van der Waals surface area (Å²) in [5.41, 5.74) is 25.1. The summed E-state index contributed by atoms with van der Waals surface area (Å²) in [6.45, 7) is 8.76. The Morgan fingerprint density at radius 1 is 0.202 bits per heavy atom. The van der Waals surface area contributed by atoms with Gasteiger partial charge < -0.3 is 21.3 Å². The Hall–Kier alpha value is -6.04. The normalized spacial score (nSPS) is 21.2. The van der Waals surface area contributed by atoms with Crippen LogP contribution >= 0.6 is 139 Å². The van der Waals surface area contributed by atoms with Gasteiger partial charge in [-0.15, -0.1) is 0 Å². The number of nitrogens with one attached hydrogen (secondary N) is 4. The maximum absolute atomic E-state index is 6.21. The fourth-order valence-electron chi connectivity index (χ4n) is 20.2. The van der Waals surface area contributed by atoms with E-state index in [4.69, 9.17) is 139 Å². The molecule has 0 spiro atoms. The summed E-state index contributed by atoms with van der Waals surface area (Å²) in [6, 6.07) is 88.9. The van der Waals surface area contributed by atoms with E-state index in [1.165, 1.54) is 139 Å². The van der Waals surface area contributed by atoms with Crippen molar-refractivity contribution in [1.82, 2.24) is 21.3 Å². The first-order valence-electron chi connectivity index (χ1n) is 43.9. The molecular formula is C108H112Cl12N4. The third kappa shape index (κ3) is 24.5. The highest BCUT2D eigenvalue weighted by Crippen LogP contribution is 2.49. The molecule has 12 atom stereocenters. The lowest BCUT2D eigenvalue weighted by atomic mass is 9.73. The van der Waals surface area contributed by atoms with Crippen molar-refractivity contribution in [3.05, 3.63) is 415 Å². The first-order valence-corrected chi connectivity index (χ1v) is 48.4. The second-order valence-corrected chi connectivity index (χ2v) is 39.3.